The van der Waals surface area contributed by atoms with Gasteiger partial charge in [-0.25, -0.2) is 17.9 Å². The van der Waals surface area contributed by atoms with E-state index in [9.17, 15) is 47.7 Å². The highest BCUT2D eigenvalue weighted by Gasteiger charge is 2.52. The molecule has 19 nitrogen and oxygen atoms in total. The molecule has 4 N–H and O–H groups in total. The number of sulfonamides is 1. The van der Waals surface area contributed by atoms with E-state index < -0.39 is 93.6 Å². The maximum absolute atomic E-state index is 14.2. The van der Waals surface area contributed by atoms with Crippen LogP contribution in [0.25, 0.3) is 0 Å². The first-order valence-electron chi connectivity index (χ1n) is 26.1. The number of Topliss-reactive ketones (excluding diaryl/α,β-unsaturated/α-hetero) is 3. The molecule has 14 atom stereocenters. The number of esters is 1. The fourth-order valence-corrected chi connectivity index (χ4v) is 10.9. The minimum absolute atomic E-state index is 0.0229. The Morgan fingerprint density at radius 2 is 1.59 bits per heavy atom. The second kappa shape index (κ2) is 31.6. The SMILES string of the molecule is COCCOCCS(=O)(=O)NC1C[C@H]2CC[C@H](C)[C@](O)(O2)C(=O)C(=O)N(C)C(C)C(=O)OC([C@H](C)C[C@@H]2CC[C@@H](OCCO)[C@H](OC)C2)CC(=O)C(C)/C=C(\C)C(O)C(OC)C(=O)C(C)CC/C=C/C=C/C=C/1C. The van der Waals surface area contributed by atoms with Crippen LogP contribution >= 0.6 is 0 Å². The number of cyclic esters (lactones) is 1. The standard InChI is InChI=1S/C54H88N2O17S/c1-34-17-15-13-12-14-16-18-35(2)48(59)50(69-11)49(60)38(5)29-36(3)44(58)33-46(37(4)30-41-20-22-45(71-24-23-57)47(31-41)68-10)72-53(63)40(7)56(8)52(62)51(61)54(64)39(6)19-21-42(73-54)32-43(34)55-74(65,66)28-27-70-26-25-67-9/h12-15,17,29,35-37,39-43,45-47,49-50,55,57,60,64H,16,18-28,30-33H2,1-11H3/b14-12+,15-13+,34-17+,38-29+/t35?,36?,37-,39+,40?,41+,42-,43?,45-,46?,47-,49?,50?,54+/m1/s1. The number of allylic oxidation sites excluding steroid dienone is 6. The zero-order chi connectivity index (χ0) is 55.3. The molecule has 1 saturated carbocycles. The van der Waals surface area contributed by atoms with Crippen molar-refractivity contribution in [3.63, 3.8) is 0 Å². The van der Waals surface area contributed by atoms with Gasteiger partial charge in [0.05, 0.1) is 57.1 Å². The molecule has 0 aromatic rings. The number of carbonyl (C=O) groups is 5. The van der Waals surface area contributed by atoms with Crippen molar-refractivity contribution in [2.45, 2.75) is 167 Å². The monoisotopic (exact) mass is 1070 g/mol. The Kier molecular flexibility index (Phi) is 27.7. The molecule has 2 heterocycles. The summed E-state index contributed by atoms with van der Waals surface area (Å²) < 4.78 is 69.3. The lowest BCUT2D eigenvalue weighted by atomic mass is 9.78. The van der Waals surface area contributed by atoms with Crippen molar-refractivity contribution < 1.29 is 80.9 Å². The summed E-state index contributed by atoms with van der Waals surface area (Å²) >= 11 is 0. The normalized spacial score (nSPS) is 35.3. The highest BCUT2D eigenvalue weighted by atomic mass is 32.2. The van der Waals surface area contributed by atoms with Gasteiger partial charge in [-0.05, 0) is 96.0 Å². The topological polar surface area (TPSA) is 260 Å². The van der Waals surface area contributed by atoms with Gasteiger partial charge >= 0.3 is 5.97 Å². The van der Waals surface area contributed by atoms with Crippen molar-refractivity contribution >= 4 is 39.2 Å². The number of nitrogens with zero attached hydrogens (tertiary/aromatic N) is 1. The maximum Gasteiger partial charge on any atom is 0.328 e. The Morgan fingerprint density at radius 3 is 2.26 bits per heavy atom. The van der Waals surface area contributed by atoms with Crippen LogP contribution in [0, 0.1) is 29.6 Å². The Morgan fingerprint density at radius 1 is 0.878 bits per heavy atom. The number of fused-ring (bicyclic) bond motifs is 2. The minimum Gasteiger partial charge on any atom is -0.460 e. The molecule has 0 aromatic carbocycles. The van der Waals surface area contributed by atoms with Gasteiger partial charge in [-0.15, -0.1) is 0 Å². The average molecular weight is 1070 g/mol. The summed E-state index contributed by atoms with van der Waals surface area (Å²) in [4.78, 5) is 71.0. The van der Waals surface area contributed by atoms with Crippen LogP contribution < -0.4 is 4.72 Å². The van der Waals surface area contributed by atoms with Gasteiger partial charge in [0, 0.05) is 58.6 Å². The third kappa shape index (κ3) is 19.5. The molecule has 0 spiro atoms. The number of rotatable bonds is 16. The predicted molar refractivity (Wildman–Crippen MR) is 277 cm³/mol. The molecule has 1 aliphatic carbocycles. The highest BCUT2D eigenvalue weighted by Crippen LogP contribution is 2.37. The number of amides is 1. The second-order valence-electron chi connectivity index (χ2n) is 20.5. The number of hydrogen-bond donors (Lipinski definition) is 4. The quantitative estimate of drug-likeness (QED) is 0.0725. The zero-order valence-electron chi connectivity index (χ0n) is 45.7. The van der Waals surface area contributed by atoms with Crippen LogP contribution in [0.2, 0.25) is 0 Å². The molecule has 3 aliphatic rings. The molecular formula is C54H88N2O17S. The van der Waals surface area contributed by atoms with Crippen LogP contribution in [0.4, 0.5) is 0 Å². The molecule has 2 aliphatic heterocycles. The number of ether oxygens (including phenoxy) is 7. The summed E-state index contributed by atoms with van der Waals surface area (Å²) in [6.45, 7) is 12.0. The molecule has 7 unspecified atom stereocenters. The molecule has 1 amide bonds. The highest BCUT2D eigenvalue weighted by molar-refractivity contribution is 7.89. The third-order valence-corrected chi connectivity index (χ3v) is 16.2. The van der Waals surface area contributed by atoms with Crippen molar-refractivity contribution in [3.05, 3.63) is 47.6 Å². The number of aliphatic hydroxyl groups is 3. The van der Waals surface area contributed by atoms with E-state index in [1.54, 1.807) is 72.1 Å². The Bertz CT molecular complexity index is 2060. The Labute approximate surface area is 439 Å². The molecular weight excluding hydrogens is 981 g/mol. The van der Waals surface area contributed by atoms with Gasteiger partial charge in [0.2, 0.25) is 15.8 Å². The fourth-order valence-electron chi connectivity index (χ4n) is 9.70. The van der Waals surface area contributed by atoms with Crippen LogP contribution in [0.3, 0.4) is 0 Å². The Hall–Kier alpha value is -3.54. The van der Waals surface area contributed by atoms with Gasteiger partial charge in [0.15, 0.2) is 5.78 Å². The minimum atomic E-state index is -3.95. The van der Waals surface area contributed by atoms with E-state index >= 15 is 0 Å². The van der Waals surface area contributed by atoms with Gasteiger partial charge in [0.1, 0.15) is 30.1 Å². The zero-order valence-corrected chi connectivity index (χ0v) is 46.5. The number of hydrogen-bond acceptors (Lipinski definition) is 17. The van der Waals surface area contributed by atoms with E-state index in [4.69, 9.17) is 33.2 Å². The molecule has 74 heavy (non-hydrogen) atoms. The van der Waals surface area contributed by atoms with E-state index in [1.165, 1.54) is 28.2 Å². The number of likely N-dealkylation sites (N-methyl/N-ethyl adjacent to an activating group) is 1. The van der Waals surface area contributed by atoms with Crippen molar-refractivity contribution in [1.29, 1.82) is 0 Å². The third-order valence-electron chi connectivity index (χ3n) is 14.8. The lowest BCUT2D eigenvalue weighted by Gasteiger charge is -2.42. The van der Waals surface area contributed by atoms with Crippen LogP contribution in [0.5, 0.6) is 0 Å². The van der Waals surface area contributed by atoms with Gasteiger partial charge in [-0.3, -0.25) is 19.2 Å². The number of ketones is 3. The first kappa shape index (κ1) is 64.7. The summed E-state index contributed by atoms with van der Waals surface area (Å²) in [5, 5.41) is 32.7. The molecule has 0 radical (unpaired) electrons. The van der Waals surface area contributed by atoms with Gasteiger partial charge in [-0.2, -0.15) is 0 Å². The molecule has 2 bridgehead atoms. The molecule has 2 fully saturated rings. The molecule has 3 rings (SSSR count). The Balaban J connectivity index is 2.03. The van der Waals surface area contributed by atoms with E-state index in [1.807, 2.05) is 13.0 Å². The van der Waals surface area contributed by atoms with Crippen molar-refractivity contribution in [1.82, 2.24) is 9.62 Å². The lowest BCUT2D eigenvalue weighted by Crippen LogP contribution is -2.59. The lowest BCUT2D eigenvalue weighted by molar-refractivity contribution is -0.263. The van der Waals surface area contributed by atoms with Crippen LogP contribution in [0.1, 0.15) is 113 Å². The summed E-state index contributed by atoms with van der Waals surface area (Å²) in [6, 6.07) is -2.26. The van der Waals surface area contributed by atoms with Crippen molar-refractivity contribution in [3.8, 4) is 0 Å². The molecule has 20 heteroatoms. The largest absolute Gasteiger partial charge is 0.460 e. The van der Waals surface area contributed by atoms with Crippen molar-refractivity contribution in [2.24, 2.45) is 29.6 Å². The molecule has 1 saturated heterocycles. The van der Waals surface area contributed by atoms with E-state index in [-0.39, 0.29) is 87.7 Å². The maximum atomic E-state index is 14.2. The number of methoxy groups -OCH3 is 3. The van der Waals surface area contributed by atoms with E-state index in [0.717, 1.165) is 11.3 Å². The first-order chi connectivity index (χ1) is 34.9. The first-order valence-corrected chi connectivity index (χ1v) is 27.8. The average Bonchev–Trinajstić information content (AvgIpc) is 3.36. The number of carbonyl (C=O) groups excluding carboxylic acids is 5. The smallest absolute Gasteiger partial charge is 0.328 e. The number of aliphatic hydroxyl groups excluding tert-OH is 2. The van der Waals surface area contributed by atoms with E-state index in [2.05, 4.69) is 4.72 Å². The summed E-state index contributed by atoms with van der Waals surface area (Å²) in [6.07, 6.45) is 9.27. The van der Waals surface area contributed by atoms with Crippen LogP contribution in [0.15, 0.2) is 47.6 Å². The molecule has 0 aromatic heterocycles. The fraction of sp³-hybridized carbons (Fsp3) is 0.759. The summed E-state index contributed by atoms with van der Waals surface area (Å²) in [7, 11) is 1.72. The summed E-state index contributed by atoms with van der Waals surface area (Å²) in [5.41, 5.74) is 0.919. The molecule has 422 valence electrons. The van der Waals surface area contributed by atoms with Crippen LogP contribution in [-0.2, 0) is 67.2 Å². The second-order valence-corrected chi connectivity index (χ2v) is 22.4. The number of nitrogens with one attached hydrogen (secondary N) is 1. The summed E-state index contributed by atoms with van der Waals surface area (Å²) in [5.74, 6) is -9.55. The predicted octanol–water partition coefficient (Wildman–Crippen LogP) is 4.35. The van der Waals surface area contributed by atoms with Gasteiger partial charge in [0.25, 0.3) is 11.7 Å². The van der Waals surface area contributed by atoms with Gasteiger partial charge < -0.3 is 53.4 Å². The van der Waals surface area contributed by atoms with E-state index in [0.29, 0.717) is 49.7 Å². The van der Waals surface area contributed by atoms with Crippen molar-refractivity contribution in [2.75, 3.05) is 67.2 Å². The van der Waals surface area contributed by atoms with Gasteiger partial charge in [-0.1, -0.05) is 69.7 Å². The van der Waals surface area contributed by atoms with Crippen LogP contribution in [-0.4, -0.2) is 180 Å².